The van der Waals surface area contributed by atoms with Gasteiger partial charge in [0.15, 0.2) is 0 Å². The molecule has 0 bridgehead atoms. The summed E-state index contributed by atoms with van der Waals surface area (Å²) < 4.78 is 20.0. The van der Waals surface area contributed by atoms with Crippen LogP contribution in [0.5, 0.6) is 0 Å². The maximum absolute atomic E-state index is 14.8. The molecule has 2 aliphatic rings. The van der Waals surface area contributed by atoms with Crippen LogP contribution in [0.4, 0.5) is 10.1 Å². The molecule has 6 heteroatoms. The lowest BCUT2D eigenvalue weighted by Gasteiger charge is -2.40. The Labute approximate surface area is 159 Å². The quantitative estimate of drug-likeness (QED) is 0.593. The second-order valence-electron chi connectivity index (χ2n) is 7.51. The van der Waals surface area contributed by atoms with E-state index < -0.39 is 5.82 Å². The number of hydrogen-bond donors (Lipinski definition) is 0. The monoisotopic (exact) mass is 369 g/mol. The molecular weight excluding hydrogens is 345 g/mol. The number of allylic oxidation sites excluding steroid dienone is 1. The zero-order valence-electron chi connectivity index (χ0n) is 16.2. The van der Waals surface area contributed by atoms with Gasteiger partial charge in [0.2, 0.25) is 0 Å². The Morgan fingerprint density at radius 3 is 2.63 bits per heavy atom. The highest BCUT2D eigenvalue weighted by atomic mass is 19.1. The van der Waals surface area contributed by atoms with Gasteiger partial charge < -0.3 is 14.5 Å². The predicted molar refractivity (Wildman–Crippen MR) is 104 cm³/mol. The number of nitriles is 1. The Bertz CT molecular complexity index is 874. The van der Waals surface area contributed by atoms with Crippen molar-refractivity contribution in [2.45, 2.75) is 26.3 Å². The van der Waals surface area contributed by atoms with Crippen LogP contribution in [0.3, 0.4) is 0 Å². The third-order valence-electron chi connectivity index (χ3n) is 5.28. The third kappa shape index (κ3) is 3.60. The number of anilines is 1. The molecule has 2 aliphatic heterocycles. The van der Waals surface area contributed by atoms with Crippen molar-refractivity contribution in [3.8, 4) is 6.07 Å². The lowest BCUT2D eigenvalue weighted by Crippen LogP contribution is -2.42. The zero-order valence-corrected chi connectivity index (χ0v) is 16.2. The number of benzene rings is 1. The van der Waals surface area contributed by atoms with Gasteiger partial charge in [0, 0.05) is 37.0 Å². The molecule has 0 saturated carbocycles. The number of rotatable bonds is 2. The normalized spacial score (nSPS) is 19.3. The van der Waals surface area contributed by atoms with Crippen molar-refractivity contribution in [2.75, 3.05) is 38.3 Å². The molecule has 142 valence electrons. The first kappa shape index (κ1) is 19.1. The molecule has 3 rings (SSSR count). The van der Waals surface area contributed by atoms with Gasteiger partial charge >= 0.3 is 0 Å². The molecule has 27 heavy (non-hydrogen) atoms. The number of likely N-dealkylation sites (N-methyl/N-ethyl adjacent to an activating group) is 1. The van der Waals surface area contributed by atoms with Crippen molar-refractivity contribution >= 4 is 23.2 Å². The summed E-state index contributed by atoms with van der Waals surface area (Å²) >= 11 is 0. The van der Waals surface area contributed by atoms with E-state index >= 15 is 0 Å². The Kier molecular flexibility index (Phi) is 5.07. The standard InChI is InChI=1S/C21H24FN3O2/c1-14-12-21(2,3)24(4)19-11-18(22)15(10-17(14)19)9-16(13-23)20(26)25-5-7-27-8-6-25/h9-12H,5-8H2,1-4H3/b16-9+. The largest absolute Gasteiger partial charge is 0.378 e. The van der Waals surface area contributed by atoms with Gasteiger partial charge in [-0.3, -0.25) is 4.79 Å². The molecule has 0 atom stereocenters. The molecule has 1 aromatic rings. The predicted octanol–water partition coefficient (Wildman–Crippen LogP) is 3.22. The topological polar surface area (TPSA) is 56.6 Å². The number of carbonyl (C=O) groups is 1. The summed E-state index contributed by atoms with van der Waals surface area (Å²) in [5.41, 5.74) is 2.70. The number of amides is 1. The summed E-state index contributed by atoms with van der Waals surface area (Å²) in [6.45, 7) is 7.90. The average molecular weight is 369 g/mol. The van der Waals surface area contributed by atoms with Crippen molar-refractivity contribution in [3.05, 3.63) is 40.7 Å². The number of morpholine rings is 1. The Morgan fingerprint density at radius 1 is 1.33 bits per heavy atom. The van der Waals surface area contributed by atoms with E-state index in [1.807, 2.05) is 24.9 Å². The van der Waals surface area contributed by atoms with Crippen LogP contribution in [-0.4, -0.2) is 49.7 Å². The number of halogens is 1. The molecule has 1 amide bonds. The van der Waals surface area contributed by atoms with Gasteiger partial charge in [-0.15, -0.1) is 0 Å². The van der Waals surface area contributed by atoms with Crippen LogP contribution in [-0.2, 0) is 9.53 Å². The SMILES string of the molecule is CC1=CC(C)(C)N(C)c2cc(F)c(/C=C(\C#N)C(=O)N3CCOCC3)cc21. The van der Waals surface area contributed by atoms with Crippen molar-refractivity contribution in [1.29, 1.82) is 5.26 Å². The summed E-state index contributed by atoms with van der Waals surface area (Å²) in [6, 6.07) is 5.12. The molecule has 0 N–H and O–H groups in total. The second kappa shape index (κ2) is 7.16. The van der Waals surface area contributed by atoms with Gasteiger partial charge in [0.1, 0.15) is 17.5 Å². The number of ether oxygens (including phenoxy) is 1. The van der Waals surface area contributed by atoms with Crippen LogP contribution in [0.2, 0.25) is 0 Å². The fraction of sp³-hybridized carbons (Fsp3) is 0.429. The van der Waals surface area contributed by atoms with Gasteiger partial charge in [-0.25, -0.2) is 4.39 Å². The highest BCUT2D eigenvalue weighted by Crippen LogP contribution is 2.39. The van der Waals surface area contributed by atoms with E-state index in [9.17, 15) is 14.4 Å². The van der Waals surface area contributed by atoms with Crippen LogP contribution < -0.4 is 4.90 Å². The molecule has 1 aromatic carbocycles. The van der Waals surface area contributed by atoms with E-state index in [0.29, 0.717) is 26.3 Å². The summed E-state index contributed by atoms with van der Waals surface area (Å²) in [7, 11) is 1.93. The smallest absolute Gasteiger partial charge is 0.264 e. The number of carbonyl (C=O) groups excluding carboxylic acids is 1. The minimum absolute atomic E-state index is 0.0677. The first-order valence-electron chi connectivity index (χ1n) is 9.00. The van der Waals surface area contributed by atoms with Gasteiger partial charge in [0.25, 0.3) is 5.91 Å². The molecule has 0 radical (unpaired) electrons. The molecular formula is C21H24FN3O2. The van der Waals surface area contributed by atoms with Gasteiger partial charge in [-0.05, 0) is 44.6 Å². The third-order valence-corrected chi connectivity index (χ3v) is 5.28. The van der Waals surface area contributed by atoms with Crippen LogP contribution >= 0.6 is 0 Å². The Balaban J connectivity index is 2.00. The fourth-order valence-electron chi connectivity index (χ4n) is 3.53. The van der Waals surface area contributed by atoms with Gasteiger partial charge in [0.05, 0.1) is 18.8 Å². The second-order valence-corrected chi connectivity index (χ2v) is 7.51. The minimum Gasteiger partial charge on any atom is -0.378 e. The fourth-order valence-corrected chi connectivity index (χ4v) is 3.53. The number of hydrogen-bond acceptors (Lipinski definition) is 4. The molecule has 0 aliphatic carbocycles. The van der Waals surface area contributed by atoms with E-state index in [1.54, 1.807) is 11.0 Å². The summed E-state index contributed by atoms with van der Waals surface area (Å²) in [6.07, 6.45) is 3.48. The number of fused-ring (bicyclic) bond motifs is 1. The highest BCUT2D eigenvalue weighted by molar-refractivity contribution is 6.02. The summed E-state index contributed by atoms with van der Waals surface area (Å²) in [5.74, 6) is -0.836. The van der Waals surface area contributed by atoms with E-state index in [4.69, 9.17) is 4.74 Å². The maximum atomic E-state index is 14.8. The summed E-state index contributed by atoms with van der Waals surface area (Å²) in [5, 5.41) is 9.44. The lowest BCUT2D eigenvalue weighted by molar-refractivity contribution is -0.130. The van der Waals surface area contributed by atoms with Gasteiger partial charge in [-0.1, -0.05) is 6.08 Å². The molecule has 2 heterocycles. The van der Waals surface area contributed by atoms with Crippen LogP contribution in [0.1, 0.15) is 31.9 Å². The van der Waals surface area contributed by atoms with Gasteiger partial charge in [-0.2, -0.15) is 5.26 Å². The molecule has 5 nitrogen and oxygen atoms in total. The molecule has 0 unspecified atom stereocenters. The van der Waals surface area contributed by atoms with E-state index in [0.717, 1.165) is 16.8 Å². The Morgan fingerprint density at radius 2 is 2.00 bits per heavy atom. The van der Waals surface area contributed by atoms with Crippen LogP contribution in [0.25, 0.3) is 11.6 Å². The lowest BCUT2D eigenvalue weighted by atomic mass is 9.88. The molecule has 1 fully saturated rings. The summed E-state index contributed by atoms with van der Waals surface area (Å²) in [4.78, 5) is 16.2. The maximum Gasteiger partial charge on any atom is 0.264 e. The molecule has 0 aromatic heterocycles. The first-order chi connectivity index (χ1) is 12.7. The van der Waals surface area contributed by atoms with E-state index in [2.05, 4.69) is 19.9 Å². The van der Waals surface area contributed by atoms with Crippen LogP contribution in [0.15, 0.2) is 23.8 Å². The highest BCUT2D eigenvalue weighted by Gasteiger charge is 2.29. The van der Waals surface area contributed by atoms with Crippen molar-refractivity contribution < 1.29 is 13.9 Å². The average Bonchev–Trinajstić information content (AvgIpc) is 2.65. The Hall–Kier alpha value is -2.65. The minimum atomic E-state index is -0.450. The van der Waals surface area contributed by atoms with Crippen molar-refractivity contribution in [3.63, 3.8) is 0 Å². The zero-order chi connectivity index (χ0) is 19.8. The van der Waals surface area contributed by atoms with Crippen LogP contribution in [0, 0.1) is 17.1 Å². The van der Waals surface area contributed by atoms with E-state index in [-0.39, 0.29) is 22.6 Å². The first-order valence-corrected chi connectivity index (χ1v) is 9.00. The molecule has 0 spiro atoms. The van der Waals surface area contributed by atoms with E-state index in [1.165, 1.54) is 12.1 Å². The van der Waals surface area contributed by atoms with Crippen molar-refractivity contribution in [1.82, 2.24) is 4.90 Å². The molecule has 1 saturated heterocycles. The number of nitrogens with zero attached hydrogens (tertiary/aromatic N) is 3. The van der Waals surface area contributed by atoms with Crippen molar-refractivity contribution in [2.24, 2.45) is 0 Å².